The molecular weight excluding hydrogens is 896 g/mol. The SMILES string of the molecule is CCCCc1ccc(N2c3c(sc4ccc(CCCC)cc34)B3c4c(cc5c(oc6ccccc65)c42)-c2cc4c(cc2N3c2ccc(-c3ccccc3)cc2)oc2cc3c(cc24)C(C)(C)CCC3(C)C)cc1. The molecule has 14 rings (SSSR count). The summed E-state index contributed by atoms with van der Waals surface area (Å²) >= 11 is 1.95. The number of para-hydroxylation sites is 1. The lowest BCUT2D eigenvalue weighted by molar-refractivity contribution is 0.332. The summed E-state index contributed by atoms with van der Waals surface area (Å²) in [5, 5.41) is 5.92. The van der Waals surface area contributed by atoms with Gasteiger partial charge >= 0.3 is 6.85 Å². The number of hydrogen-bond donors (Lipinski definition) is 0. The van der Waals surface area contributed by atoms with Crippen LogP contribution in [-0.4, -0.2) is 6.85 Å². The second kappa shape index (κ2) is 16.2. The van der Waals surface area contributed by atoms with Crippen LogP contribution in [-0.2, 0) is 23.7 Å². The number of hydrogen-bond acceptors (Lipinski definition) is 5. The second-order valence-electron chi connectivity index (χ2n) is 22.3. The first-order valence-electron chi connectivity index (χ1n) is 26.5. The third-order valence-corrected chi connectivity index (χ3v) is 18.1. The van der Waals surface area contributed by atoms with Crippen LogP contribution in [0.1, 0.15) is 102 Å². The molecule has 0 fully saturated rings. The Morgan fingerprint density at radius 3 is 1.93 bits per heavy atom. The second-order valence-corrected chi connectivity index (χ2v) is 23.4. The number of thiophene rings is 1. The van der Waals surface area contributed by atoms with Crippen molar-refractivity contribution in [3.8, 4) is 22.3 Å². The first-order chi connectivity index (χ1) is 35.1. The number of fused-ring (bicyclic) bond motifs is 14. The van der Waals surface area contributed by atoms with E-state index in [9.17, 15) is 0 Å². The van der Waals surface area contributed by atoms with E-state index in [1.165, 1.54) is 88.7 Å². The summed E-state index contributed by atoms with van der Waals surface area (Å²) in [7, 11) is 0. The maximum atomic E-state index is 7.26. The van der Waals surface area contributed by atoms with Crippen molar-refractivity contribution in [3.05, 3.63) is 174 Å². The van der Waals surface area contributed by atoms with Crippen molar-refractivity contribution in [2.75, 3.05) is 9.71 Å². The van der Waals surface area contributed by atoms with E-state index in [2.05, 4.69) is 203 Å². The van der Waals surface area contributed by atoms with Crippen molar-refractivity contribution in [2.45, 2.75) is 104 Å². The van der Waals surface area contributed by atoms with Gasteiger partial charge in [-0.2, -0.15) is 0 Å². The van der Waals surface area contributed by atoms with Gasteiger partial charge in [0.25, 0.3) is 0 Å². The summed E-state index contributed by atoms with van der Waals surface area (Å²) in [6.45, 7) is 14.1. The zero-order chi connectivity index (χ0) is 48.6. The Morgan fingerprint density at radius 2 is 1.17 bits per heavy atom. The van der Waals surface area contributed by atoms with E-state index in [0.29, 0.717) is 0 Å². The van der Waals surface area contributed by atoms with E-state index in [0.717, 1.165) is 99.8 Å². The highest BCUT2D eigenvalue weighted by Crippen LogP contribution is 2.55. The van der Waals surface area contributed by atoms with E-state index in [-0.39, 0.29) is 17.7 Å². The van der Waals surface area contributed by atoms with Crippen LogP contribution in [0.5, 0.6) is 0 Å². The summed E-state index contributed by atoms with van der Waals surface area (Å²) in [6, 6.07) is 57.6. The summed E-state index contributed by atoms with van der Waals surface area (Å²) in [4.78, 5) is 5.25. The van der Waals surface area contributed by atoms with Crippen LogP contribution in [0.4, 0.5) is 28.4 Å². The molecule has 3 aromatic heterocycles. The maximum Gasteiger partial charge on any atom is 0.343 e. The smallest absolute Gasteiger partial charge is 0.343 e. The third-order valence-electron chi connectivity index (χ3n) is 16.9. The van der Waals surface area contributed by atoms with Crippen LogP contribution in [0.3, 0.4) is 0 Å². The molecule has 0 atom stereocenters. The molecule has 1 aliphatic carbocycles. The Kier molecular flexibility index (Phi) is 9.87. The van der Waals surface area contributed by atoms with Gasteiger partial charge < -0.3 is 18.5 Å². The normalized spacial score (nSPS) is 15.4. The summed E-state index contributed by atoms with van der Waals surface area (Å²) in [5.74, 6) is 0. The molecule has 0 unspecified atom stereocenters. The maximum absolute atomic E-state index is 7.26. The van der Waals surface area contributed by atoms with E-state index >= 15 is 0 Å². The molecule has 3 aliphatic rings. The largest absolute Gasteiger partial charge is 0.456 e. The Bertz CT molecular complexity index is 3970. The van der Waals surface area contributed by atoms with Gasteiger partial charge in [-0.05, 0) is 160 Å². The van der Waals surface area contributed by atoms with Gasteiger partial charge in [-0.3, -0.25) is 0 Å². The van der Waals surface area contributed by atoms with Crippen molar-refractivity contribution < 1.29 is 8.83 Å². The predicted molar refractivity (Wildman–Crippen MR) is 308 cm³/mol. The number of aryl methyl sites for hydroxylation is 2. The Balaban J connectivity index is 1.11. The van der Waals surface area contributed by atoms with Crippen LogP contribution in [0, 0.1) is 0 Å². The minimum Gasteiger partial charge on any atom is -0.456 e. The lowest BCUT2D eigenvalue weighted by Crippen LogP contribution is -2.60. The highest BCUT2D eigenvalue weighted by molar-refractivity contribution is 7.32. The number of anilines is 5. The van der Waals surface area contributed by atoms with Crippen LogP contribution >= 0.6 is 11.3 Å². The van der Waals surface area contributed by atoms with E-state index < -0.39 is 0 Å². The fourth-order valence-electron chi connectivity index (χ4n) is 12.8. The first kappa shape index (κ1) is 43.7. The van der Waals surface area contributed by atoms with Gasteiger partial charge in [0.1, 0.15) is 16.7 Å². The molecule has 0 saturated heterocycles. The highest BCUT2D eigenvalue weighted by Gasteiger charge is 2.49. The number of benzene rings is 8. The van der Waals surface area contributed by atoms with Crippen molar-refractivity contribution in [1.82, 2.24) is 0 Å². The number of rotatable bonds is 9. The number of furan rings is 2. The molecule has 6 heteroatoms. The Morgan fingerprint density at radius 1 is 0.528 bits per heavy atom. The van der Waals surface area contributed by atoms with Gasteiger partial charge in [-0.25, -0.2) is 0 Å². The highest BCUT2D eigenvalue weighted by atomic mass is 32.1. The Labute approximate surface area is 427 Å². The molecule has 8 aromatic carbocycles. The fraction of sp³-hybridized carbons (Fsp3) is 0.242. The average molecular weight is 955 g/mol. The lowest BCUT2D eigenvalue weighted by atomic mass is 9.46. The first-order valence-corrected chi connectivity index (χ1v) is 27.3. The van der Waals surface area contributed by atoms with Crippen molar-refractivity contribution >= 4 is 111 Å². The lowest BCUT2D eigenvalue weighted by Gasteiger charge is -2.44. The molecule has 0 radical (unpaired) electrons. The summed E-state index contributed by atoms with van der Waals surface area (Å²) < 4.78 is 17.0. The van der Waals surface area contributed by atoms with Crippen molar-refractivity contribution in [2.24, 2.45) is 0 Å². The molecule has 0 saturated carbocycles. The zero-order valence-electron chi connectivity index (χ0n) is 42.3. The van der Waals surface area contributed by atoms with Gasteiger partial charge in [0.05, 0.1) is 11.4 Å². The quantitative estimate of drug-likeness (QED) is 0.135. The van der Waals surface area contributed by atoms with Crippen LogP contribution < -0.4 is 20.0 Å². The molecule has 4 nitrogen and oxygen atoms in total. The third kappa shape index (κ3) is 6.57. The zero-order valence-corrected chi connectivity index (χ0v) is 43.1. The van der Waals surface area contributed by atoms with E-state index in [4.69, 9.17) is 8.83 Å². The standard InChI is InChI=1S/C66H59BN2O2S/c1-7-9-16-40-22-27-44(28-23-40)68-61-52-34-41(17-10-8-2)24-31-59(52)72-64(61)67-60-50(36-51-46-20-14-15-21-56(46)71-63(51)62(60)68)47-35-48-49-37-53-54(66(5,6)33-32-65(53,3)4)38-57(49)70-58(48)39-55(47)69(67)45-29-25-43(26-30-45)42-18-12-11-13-19-42/h11-15,18-31,34-39H,7-10,16-17,32-33H2,1-6H3. The van der Waals surface area contributed by atoms with Crippen LogP contribution in [0.15, 0.2) is 160 Å². The van der Waals surface area contributed by atoms with Crippen molar-refractivity contribution in [1.29, 1.82) is 0 Å². The molecule has 5 heterocycles. The molecule has 0 bridgehead atoms. The molecule has 0 amide bonds. The van der Waals surface area contributed by atoms with E-state index in [1.807, 2.05) is 11.3 Å². The summed E-state index contributed by atoms with van der Waals surface area (Å²) in [6.07, 6.45) is 9.11. The van der Waals surface area contributed by atoms with Gasteiger partial charge in [0.2, 0.25) is 0 Å². The van der Waals surface area contributed by atoms with Crippen LogP contribution in [0.2, 0.25) is 0 Å². The molecule has 2 aliphatic heterocycles. The number of unbranched alkanes of at least 4 members (excludes halogenated alkanes) is 2. The minimum absolute atomic E-state index is 0.0651. The number of nitrogens with zero attached hydrogens (tertiary/aromatic N) is 2. The molecule has 354 valence electrons. The predicted octanol–water partition coefficient (Wildman–Crippen LogP) is 18.1. The molecular formula is C66H59BN2O2S. The van der Waals surface area contributed by atoms with Gasteiger partial charge in [-0.15, -0.1) is 11.3 Å². The Hall–Kier alpha value is -7.02. The topological polar surface area (TPSA) is 32.8 Å². The van der Waals surface area contributed by atoms with Gasteiger partial charge in [0.15, 0.2) is 5.58 Å². The molecule has 72 heavy (non-hydrogen) atoms. The van der Waals surface area contributed by atoms with Crippen molar-refractivity contribution in [3.63, 3.8) is 0 Å². The summed E-state index contributed by atoms with van der Waals surface area (Å²) in [5.41, 5.74) is 21.4. The van der Waals surface area contributed by atoms with E-state index in [1.54, 1.807) is 0 Å². The molecule has 11 aromatic rings. The van der Waals surface area contributed by atoms with Gasteiger partial charge in [0, 0.05) is 65.1 Å². The molecule has 0 spiro atoms. The van der Waals surface area contributed by atoms with Crippen LogP contribution in [0.25, 0.3) is 76.2 Å². The minimum atomic E-state index is -0.176. The monoisotopic (exact) mass is 954 g/mol. The average Bonchev–Trinajstić information content (AvgIpc) is 4.09. The molecule has 0 N–H and O–H groups in total. The fourth-order valence-corrected chi connectivity index (χ4v) is 14.1. The van der Waals surface area contributed by atoms with Gasteiger partial charge in [-0.1, -0.05) is 133 Å².